The van der Waals surface area contributed by atoms with Gasteiger partial charge in [-0.25, -0.2) is 28.5 Å². The predicted molar refractivity (Wildman–Crippen MR) is 136 cm³/mol. The number of rotatable bonds is 7. The molecule has 5 aromatic rings. The van der Waals surface area contributed by atoms with Crippen molar-refractivity contribution in [3.05, 3.63) is 60.1 Å². The van der Waals surface area contributed by atoms with E-state index in [1.54, 1.807) is 6.92 Å². The zero-order valence-electron chi connectivity index (χ0n) is 20.4. The Hall–Kier alpha value is -4.52. The molecular weight excluding hydrogens is 518 g/mol. The molecule has 13 heteroatoms. The van der Waals surface area contributed by atoms with Crippen LogP contribution < -0.4 is 14.8 Å². The number of nitrogens with zero attached hydrogens (tertiary/aromatic N) is 5. The molecule has 0 bridgehead atoms. The van der Waals surface area contributed by atoms with Crippen molar-refractivity contribution in [1.29, 1.82) is 0 Å². The number of pyridine rings is 2. The molecule has 10 nitrogen and oxygen atoms in total. The van der Waals surface area contributed by atoms with Crippen LogP contribution in [0.3, 0.4) is 0 Å². The number of aromatic nitrogens is 5. The number of amides is 1. The first-order chi connectivity index (χ1) is 18.3. The fourth-order valence-electron chi connectivity index (χ4n) is 3.59. The first-order valence-electron chi connectivity index (χ1n) is 11.3. The largest absolute Gasteiger partial charge is 0.480 e. The third kappa shape index (κ3) is 5.42. The average molecular weight is 539 g/mol. The normalized spacial score (nSPS) is 11.9. The fourth-order valence-corrected chi connectivity index (χ4v) is 4.52. The van der Waals surface area contributed by atoms with E-state index in [1.807, 2.05) is 19.1 Å². The van der Waals surface area contributed by atoms with Gasteiger partial charge in [-0.2, -0.15) is 4.98 Å². The zero-order valence-corrected chi connectivity index (χ0v) is 21.2. The third-order valence-electron chi connectivity index (χ3n) is 5.23. The molecule has 0 aliphatic heterocycles. The lowest BCUT2D eigenvalue weighted by atomic mass is 10.1. The van der Waals surface area contributed by atoms with Crippen molar-refractivity contribution in [3.63, 3.8) is 0 Å². The number of nitrogens with one attached hydrogen (secondary N) is 1. The Labute approximate surface area is 218 Å². The zero-order chi connectivity index (χ0) is 26.8. The number of carbonyl (C=O) groups is 1. The smallest absolute Gasteiger partial charge is 0.412 e. The highest BCUT2D eigenvalue weighted by molar-refractivity contribution is 7.21. The summed E-state index contributed by atoms with van der Waals surface area (Å²) in [5.74, 6) is -1.18. The third-order valence-corrected chi connectivity index (χ3v) is 6.23. The number of methoxy groups -OCH3 is 1. The molecule has 0 fully saturated rings. The van der Waals surface area contributed by atoms with Crippen LogP contribution in [0.5, 0.6) is 11.8 Å². The van der Waals surface area contributed by atoms with Gasteiger partial charge < -0.3 is 14.2 Å². The van der Waals surface area contributed by atoms with Crippen LogP contribution in [-0.2, 0) is 4.74 Å². The summed E-state index contributed by atoms with van der Waals surface area (Å²) in [5.41, 5.74) is 3.46. The van der Waals surface area contributed by atoms with Crippen LogP contribution in [0.1, 0.15) is 12.5 Å². The van der Waals surface area contributed by atoms with E-state index in [2.05, 4.69) is 30.2 Å². The summed E-state index contributed by atoms with van der Waals surface area (Å²) in [6.45, 7) is 3.32. The highest BCUT2D eigenvalue weighted by atomic mass is 32.1. The molecule has 38 heavy (non-hydrogen) atoms. The number of hydrogen-bond acceptors (Lipinski definition) is 10. The van der Waals surface area contributed by atoms with E-state index in [9.17, 15) is 13.6 Å². The van der Waals surface area contributed by atoms with Crippen LogP contribution in [0.15, 0.2) is 42.9 Å². The maximum Gasteiger partial charge on any atom is 0.412 e. The monoisotopic (exact) mass is 538 g/mol. The quantitative estimate of drug-likeness (QED) is 0.294. The van der Waals surface area contributed by atoms with Gasteiger partial charge in [-0.3, -0.25) is 10.3 Å². The van der Waals surface area contributed by atoms with Crippen LogP contribution >= 0.6 is 11.3 Å². The summed E-state index contributed by atoms with van der Waals surface area (Å²) in [7, 11) is 1.52. The van der Waals surface area contributed by atoms with Crippen LogP contribution in [-0.4, -0.2) is 50.8 Å². The van der Waals surface area contributed by atoms with Crippen molar-refractivity contribution in [2.24, 2.45) is 0 Å². The number of aryl methyl sites for hydroxylation is 1. The van der Waals surface area contributed by atoms with Gasteiger partial charge in [0.25, 0.3) is 5.88 Å². The van der Waals surface area contributed by atoms with Gasteiger partial charge in [0, 0.05) is 17.7 Å². The second-order valence-corrected chi connectivity index (χ2v) is 9.23. The van der Waals surface area contributed by atoms with Crippen molar-refractivity contribution in [3.8, 4) is 22.3 Å². The number of fused-ring (bicyclic) bond motifs is 2. The molecule has 1 aromatic carbocycles. The molecule has 1 amide bonds. The molecule has 1 N–H and O–H groups in total. The summed E-state index contributed by atoms with van der Waals surface area (Å²) in [4.78, 5) is 33.9. The predicted octanol–water partition coefficient (Wildman–Crippen LogP) is 5.31. The molecular formula is C25H20F2N6O4S. The number of ether oxygens (including phenoxy) is 3. The Morgan fingerprint density at radius 2 is 1.92 bits per heavy atom. The van der Waals surface area contributed by atoms with Gasteiger partial charge in [0.2, 0.25) is 5.88 Å². The molecule has 0 aliphatic carbocycles. The topological polar surface area (TPSA) is 121 Å². The van der Waals surface area contributed by atoms with Crippen molar-refractivity contribution >= 4 is 44.5 Å². The Balaban J connectivity index is 1.32. The van der Waals surface area contributed by atoms with Crippen LogP contribution in [0.2, 0.25) is 0 Å². The Bertz CT molecular complexity index is 1660. The number of anilines is 1. The van der Waals surface area contributed by atoms with E-state index in [4.69, 9.17) is 14.2 Å². The molecule has 0 saturated heterocycles. The molecule has 0 radical (unpaired) electrons. The maximum absolute atomic E-state index is 14.7. The van der Waals surface area contributed by atoms with E-state index < -0.39 is 23.8 Å². The average Bonchev–Trinajstić information content (AvgIpc) is 3.28. The Morgan fingerprint density at radius 1 is 1.08 bits per heavy atom. The molecule has 0 unspecified atom stereocenters. The van der Waals surface area contributed by atoms with Gasteiger partial charge >= 0.3 is 6.09 Å². The van der Waals surface area contributed by atoms with E-state index in [-0.39, 0.29) is 18.2 Å². The maximum atomic E-state index is 14.7. The van der Waals surface area contributed by atoms with Gasteiger partial charge in [0.05, 0.1) is 42.4 Å². The first-order valence-corrected chi connectivity index (χ1v) is 12.1. The molecule has 0 saturated carbocycles. The van der Waals surface area contributed by atoms with Crippen LogP contribution in [0, 0.1) is 18.6 Å². The minimum atomic E-state index is -0.837. The second-order valence-electron chi connectivity index (χ2n) is 8.25. The molecule has 4 heterocycles. The lowest BCUT2D eigenvalue weighted by Crippen LogP contribution is -2.25. The number of carbonyl (C=O) groups excluding carboxylic acids is 1. The molecule has 1 atom stereocenters. The first kappa shape index (κ1) is 25.1. The SMILES string of the molecule is COc1cnc2c(-c3nc4cc(F)c(OC[C@@H](C)OC(=O)Nc5cncc(F)c5)nc4s3)cc(C)cc2n1. The van der Waals surface area contributed by atoms with E-state index in [0.717, 1.165) is 23.4 Å². The standard InChI is InChI=1S/C25H20F2N6O4S/c1-12-4-16(21-18(5-12)31-20(35-3)10-29-21)23-32-19-7-17(27)22(33-24(19)38-23)36-11-13(2)37-25(34)30-15-6-14(26)8-28-9-15/h4-10,13H,11H2,1-3H3,(H,30,34)/t13-/m1/s1. The van der Waals surface area contributed by atoms with Gasteiger partial charge in [0.1, 0.15) is 33.9 Å². The number of hydrogen-bond donors (Lipinski definition) is 1. The fraction of sp³-hybridized carbons (Fsp3) is 0.200. The van der Waals surface area contributed by atoms with Gasteiger partial charge in [0.15, 0.2) is 5.82 Å². The highest BCUT2D eigenvalue weighted by Gasteiger charge is 2.18. The number of benzene rings is 1. The minimum absolute atomic E-state index is 0.133. The molecule has 4 aromatic heterocycles. The van der Waals surface area contributed by atoms with E-state index in [0.29, 0.717) is 32.3 Å². The summed E-state index contributed by atoms with van der Waals surface area (Å²) in [6, 6.07) is 6.15. The van der Waals surface area contributed by atoms with E-state index >= 15 is 0 Å². The van der Waals surface area contributed by atoms with E-state index in [1.165, 1.54) is 36.9 Å². The van der Waals surface area contributed by atoms with Gasteiger partial charge in [-0.05, 0) is 31.5 Å². The van der Waals surface area contributed by atoms with Crippen LogP contribution in [0.4, 0.5) is 19.3 Å². The summed E-state index contributed by atoms with van der Waals surface area (Å²) >= 11 is 1.25. The Kier molecular flexibility index (Phi) is 6.92. The Morgan fingerprint density at radius 3 is 2.71 bits per heavy atom. The number of thiazole rings is 1. The molecule has 194 valence electrons. The summed E-state index contributed by atoms with van der Waals surface area (Å²) in [6.07, 6.45) is 2.20. The molecule has 5 rings (SSSR count). The van der Waals surface area contributed by atoms with Crippen molar-refractivity contribution < 1.29 is 27.8 Å². The minimum Gasteiger partial charge on any atom is -0.480 e. The lowest BCUT2D eigenvalue weighted by Gasteiger charge is -2.14. The second kappa shape index (κ2) is 10.5. The van der Waals surface area contributed by atoms with Gasteiger partial charge in [-0.1, -0.05) is 11.3 Å². The number of halogens is 2. The van der Waals surface area contributed by atoms with Crippen LogP contribution in [0.25, 0.3) is 32.0 Å². The van der Waals surface area contributed by atoms with Gasteiger partial charge in [-0.15, -0.1) is 0 Å². The summed E-state index contributed by atoms with van der Waals surface area (Å²) < 4.78 is 43.8. The molecule has 0 spiro atoms. The lowest BCUT2D eigenvalue weighted by molar-refractivity contribution is 0.0827. The molecule has 0 aliphatic rings. The summed E-state index contributed by atoms with van der Waals surface area (Å²) in [5, 5.41) is 2.95. The van der Waals surface area contributed by atoms with Crippen molar-refractivity contribution in [2.75, 3.05) is 19.0 Å². The van der Waals surface area contributed by atoms with Crippen molar-refractivity contribution in [2.45, 2.75) is 20.0 Å². The van der Waals surface area contributed by atoms with Crippen molar-refractivity contribution in [1.82, 2.24) is 24.9 Å². The highest BCUT2D eigenvalue weighted by Crippen LogP contribution is 2.35.